The van der Waals surface area contributed by atoms with Gasteiger partial charge in [-0.1, -0.05) is 0 Å². The number of amides is 1. The maximum absolute atomic E-state index is 10.1. The number of amidine groups is 1. The molecule has 0 unspecified atom stereocenters. The van der Waals surface area contributed by atoms with Crippen LogP contribution in [0.1, 0.15) is 5.69 Å². The van der Waals surface area contributed by atoms with E-state index in [-0.39, 0.29) is 0 Å². The van der Waals surface area contributed by atoms with Gasteiger partial charge in [-0.3, -0.25) is 9.79 Å². The average Bonchev–Trinajstić information content (AvgIpc) is 2.52. The molecule has 12 heavy (non-hydrogen) atoms. The molecule has 6 nitrogen and oxygen atoms in total. The van der Waals surface area contributed by atoms with Gasteiger partial charge in [0.25, 0.3) is 0 Å². The summed E-state index contributed by atoms with van der Waals surface area (Å²) < 4.78 is 0. The van der Waals surface area contributed by atoms with Crippen molar-refractivity contribution in [2.75, 3.05) is 12.4 Å². The largest absolute Gasteiger partial charge is 0.382 e. The number of aromatic nitrogens is 2. The van der Waals surface area contributed by atoms with Crippen molar-refractivity contribution in [1.29, 1.82) is 0 Å². The summed E-state index contributed by atoms with van der Waals surface area (Å²) in [5, 5.41) is 2.39. The van der Waals surface area contributed by atoms with Crippen LogP contribution in [0.2, 0.25) is 0 Å². The van der Waals surface area contributed by atoms with E-state index in [1.807, 2.05) is 0 Å². The molecule has 1 aromatic heterocycles. The molecule has 0 bridgehead atoms. The van der Waals surface area contributed by atoms with Crippen molar-refractivity contribution in [2.45, 2.75) is 0 Å². The van der Waals surface area contributed by atoms with E-state index in [9.17, 15) is 4.79 Å². The van der Waals surface area contributed by atoms with Gasteiger partial charge in [0.05, 0.1) is 6.33 Å². The zero-order chi connectivity index (χ0) is 8.97. The Bertz CT molecular complexity index is 303. The number of nitrogens with zero attached hydrogens (tertiary/aromatic N) is 2. The Morgan fingerprint density at radius 2 is 2.67 bits per heavy atom. The quantitative estimate of drug-likeness (QED) is 0.316. The third kappa shape index (κ3) is 1.42. The zero-order valence-corrected chi connectivity index (χ0v) is 6.53. The fourth-order valence-corrected chi connectivity index (χ4v) is 0.767. The van der Waals surface area contributed by atoms with Crippen LogP contribution in [0.4, 0.5) is 5.82 Å². The maximum Gasteiger partial charge on any atom is 0.212 e. The molecule has 0 radical (unpaired) electrons. The molecule has 0 aliphatic rings. The lowest BCUT2D eigenvalue weighted by Gasteiger charge is -1.97. The van der Waals surface area contributed by atoms with Crippen molar-refractivity contribution in [2.24, 2.45) is 10.7 Å². The molecule has 4 N–H and O–H groups in total. The Labute approximate surface area is 68.9 Å². The standard InChI is InChI=1S/C6H9N5O/c1-8-5(7)4-6(11-3-12)10-2-9-4/h2-3H,1H3,(H2,7,8)(H,9,10)(H,11,12). The first-order valence-corrected chi connectivity index (χ1v) is 3.25. The van der Waals surface area contributed by atoms with Crippen LogP contribution in [-0.2, 0) is 4.79 Å². The van der Waals surface area contributed by atoms with Crippen molar-refractivity contribution in [3.8, 4) is 0 Å². The van der Waals surface area contributed by atoms with E-state index in [2.05, 4.69) is 20.3 Å². The highest BCUT2D eigenvalue weighted by Crippen LogP contribution is 2.06. The number of nitrogens with one attached hydrogen (secondary N) is 2. The molecular formula is C6H9N5O. The summed E-state index contributed by atoms with van der Waals surface area (Å²) in [7, 11) is 1.56. The molecular weight excluding hydrogens is 158 g/mol. The monoisotopic (exact) mass is 167 g/mol. The van der Waals surface area contributed by atoms with Gasteiger partial charge in [-0.15, -0.1) is 0 Å². The van der Waals surface area contributed by atoms with E-state index in [4.69, 9.17) is 5.73 Å². The molecule has 0 atom stereocenters. The van der Waals surface area contributed by atoms with Gasteiger partial charge in [-0.05, 0) is 0 Å². The molecule has 0 aliphatic heterocycles. The van der Waals surface area contributed by atoms with Gasteiger partial charge in [0, 0.05) is 7.05 Å². The maximum atomic E-state index is 10.1. The highest BCUT2D eigenvalue weighted by atomic mass is 16.1. The minimum absolute atomic E-state index is 0.303. The highest BCUT2D eigenvalue weighted by Gasteiger charge is 2.06. The number of aliphatic imine (C=N–C) groups is 1. The Morgan fingerprint density at radius 3 is 3.25 bits per heavy atom. The number of anilines is 1. The number of carbonyl (C=O) groups is 1. The Kier molecular flexibility index (Phi) is 2.42. The molecule has 0 aromatic carbocycles. The summed E-state index contributed by atoms with van der Waals surface area (Å²) in [5.74, 6) is 0.685. The summed E-state index contributed by atoms with van der Waals surface area (Å²) in [5.41, 5.74) is 6.01. The van der Waals surface area contributed by atoms with Crippen LogP contribution in [0.15, 0.2) is 11.3 Å². The topological polar surface area (TPSA) is 96.2 Å². The Balaban J connectivity index is 2.98. The summed E-state index contributed by atoms with van der Waals surface area (Å²) in [6.07, 6.45) is 1.96. The molecule has 1 rings (SSSR count). The van der Waals surface area contributed by atoms with E-state index in [1.54, 1.807) is 7.05 Å². The molecule has 0 spiro atoms. The second-order valence-electron chi connectivity index (χ2n) is 2.00. The van der Waals surface area contributed by atoms with Gasteiger partial charge in [-0.2, -0.15) is 0 Å². The molecule has 6 heteroatoms. The lowest BCUT2D eigenvalue weighted by molar-refractivity contribution is -0.105. The third-order valence-electron chi connectivity index (χ3n) is 1.33. The lowest BCUT2D eigenvalue weighted by atomic mass is 10.4. The molecule has 1 aromatic rings. The molecule has 0 saturated heterocycles. The van der Waals surface area contributed by atoms with Crippen molar-refractivity contribution in [3.05, 3.63) is 12.0 Å². The number of rotatable bonds is 3. The SMILES string of the molecule is CN=C(N)c1[nH]cnc1NC=O. The average molecular weight is 167 g/mol. The molecule has 0 fully saturated rings. The first-order chi connectivity index (χ1) is 5.79. The number of hydrogen-bond donors (Lipinski definition) is 3. The highest BCUT2D eigenvalue weighted by molar-refractivity contribution is 6.01. The number of nitrogens with two attached hydrogens (primary N) is 1. The second-order valence-corrected chi connectivity index (χ2v) is 2.00. The molecule has 0 saturated carbocycles. The van der Waals surface area contributed by atoms with Crippen LogP contribution in [0.5, 0.6) is 0 Å². The van der Waals surface area contributed by atoms with Gasteiger partial charge in [0.2, 0.25) is 6.41 Å². The van der Waals surface area contributed by atoms with Crippen LogP contribution < -0.4 is 11.1 Å². The van der Waals surface area contributed by atoms with Gasteiger partial charge in [0.15, 0.2) is 5.82 Å². The van der Waals surface area contributed by atoms with Gasteiger partial charge < -0.3 is 16.0 Å². The first-order valence-electron chi connectivity index (χ1n) is 3.25. The third-order valence-corrected chi connectivity index (χ3v) is 1.33. The van der Waals surface area contributed by atoms with E-state index in [0.717, 1.165) is 0 Å². The van der Waals surface area contributed by atoms with Crippen LogP contribution in [0.25, 0.3) is 0 Å². The predicted octanol–water partition coefficient (Wildman–Crippen LogP) is -0.687. The summed E-state index contributed by atoms with van der Waals surface area (Å²) in [6.45, 7) is 0. The van der Waals surface area contributed by atoms with Crippen LogP contribution in [0.3, 0.4) is 0 Å². The van der Waals surface area contributed by atoms with Crippen LogP contribution in [-0.4, -0.2) is 29.3 Å². The fraction of sp³-hybridized carbons (Fsp3) is 0.167. The summed E-state index contributed by atoms with van der Waals surface area (Å²) in [6, 6.07) is 0. The minimum Gasteiger partial charge on any atom is -0.382 e. The van der Waals surface area contributed by atoms with Gasteiger partial charge in [0.1, 0.15) is 11.5 Å². The van der Waals surface area contributed by atoms with Crippen LogP contribution in [0, 0.1) is 0 Å². The Morgan fingerprint density at radius 1 is 1.92 bits per heavy atom. The molecule has 1 heterocycles. The summed E-state index contributed by atoms with van der Waals surface area (Å²) in [4.78, 5) is 20.4. The minimum atomic E-state index is 0.303. The van der Waals surface area contributed by atoms with Gasteiger partial charge in [-0.25, -0.2) is 4.98 Å². The van der Waals surface area contributed by atoms with E-state index in [0.29, 0.717) is 23.8 Å². The fourth-order valence-electron chi connectivity index (χ4n) is 0.767. The van der Waals surface area contributed by atoms with Crippen LogP contribution >= 0.6 is 0 Å². The molecule has 1 amide bonds. The van der Waals surface area contributed by atoms with Crippen molar-refractivity contribution >= 4 is 18.1 Å². The smallest absolute Gasteiger partial charge is 0.212 e. The first kappa shape index (κ1) is 8.25. The second kappa shape index (κ2) is 3.51. The number of aromatic amines is 1. The zero-order valence-electron chi connectivity index (χ0n) is 6.53. The number of imidazole rings is 1. The van der Waals surface area contributed by atoms with E-state index < -0.39 is 0 Å². The number of hydrogen-bond acceptors (Lipinski definition) is 3. The van der Waals surface area contributed by atoms with E-state index in [1.165, 1.54) is 6.33 Å². The number of carbonyl (C=O) groups excluding carboxylic acids is 1. The molecule has 0 aliphatic carbocycles. The van der Waals surface area contributed by atoms with Crippen molar-refractivity contribution in [3.63, 3.8) is 0 Å². The van der Waals surface area contributed by atoms with E-state index >= 15 is 0 Å². The van der Waals surface area contributed by atoms with Crippen molar-refractivity contribution in [1.82, 2.24) is 9.97 Å². The van der Waals surface area contributed by atoms with Gasteiger partial charge >= 0.3 is 0 Å². The van der Waals surface area contributed by atoms with Crippen molar-refractivity contribution < 1.29 is 4.79 Å². The summed E-state index contributed by atoms with van der Waals surface area (Å²) >= 11 is 0. The predicted molar refractivity (Wildman–Crippen MR) is 44.9 cm³/mol. The molecule has 64 valence electrons. The normalized spacial score (nSPS) is 11.2. The lowest BCUT2D eigenvalue weighted by Crippen LogP contribution is -2.15. The Hall–Kier alpha value is -1.85. The number of H-pyrrole nitrogens is 1.